The van der Waals surface area contributed by atoms with E-state index in [9.17, 15) is 19.5 Å². The van der Waals surface area contributed by atoms with Gasteiger partial charge in [0.05, 0.1) is 34.8 Å². The van der Waals surface area contributed by atoms with Crippen LogP contribution in [0.25, 0.3) is 0 Å². The lowest BCUT2D eigenvalue weighted by molar-refractivity contribution is -0.215. The van der Waals surface area contributed by atoms with E-state index in [-0.39, 0.29) is 36.6 Å². The molecule has 1 aromatic heterocycles. The van der Waals surface area contributed by atoms with Gasteiger partial charge >= 0.3 is 11.9 Å². The molecule has 1 saturated heterocycles. The highest BCUT2D eigenvalue weighted by Crippen LogP contribution is 2.66. The smallest absolute Gasteiger partial charge is 0.313 e. The molecule has 1 N–H and O–H groups in total. The molecule has 30 heavy (non-hydrogen) atoms. The second kappa shape index (κ2) is 7.38. The van der Waals surface area contributed by atoms with E-state index in [1.165, 1.54) is 13.2 Å². The SMILES string of the molecule is CC(=O)OC[C@@]12C(=O)C[C@@H](C)[C@]3(C[C@@H](c4ccoc4)OC3=O)[C@H]1CCC[C@]2(O)CCl. The molecule has 6 atom stereocenters. The molecule has 0 radical (unpaired) electrons. The van der Waals surface area contributed by atoms with Gasteiger partial charge in [-0.25, -0.2) is 0 Å². The van der Waals surface area contributed by atoms with Gasteiger partial charge in [0.1, 0.15) is 18.5 Å². The molecule has 7 nitrogen and oxygen atoms in total. The highest BCUT2D eigenvalue weighted by atomic mass is 35.5. The van der Waals surface area contributed by atoms with Gasteiger partial charge in [0.25, 0.3) is 0 Å². The Hall–Kier alpha value is -1.86. The Labute approximate surface area is 180 Å². The first-order chi connectivity index (χ1) is 14.2. The summed E-state index contributed by atoms with van der Waals surface area (Å²) in [5.74, 6) is -2.11. The summed E-state index contributed by atoms with van der Waals surface area (Å²) >= 11 is 6.22. The van der Waals surface area contributed by atoms with Crippen molar-refractivity contribution in [1.82, 2.24) is 0 Å². The van der Waals surface area contributed by atoms with Crippen LogP contribution in [0.1, 0.15) is 57.6 Å². The molecule has 0 aromatic carbocycles. The van der Waals surface area contributed by atoms with E-state index in [2.05, 4.69) is 0 Å². The third-order valence-electron chi connectivity index (χ3n) is 7.79. The number of hydrogen-bond acceptors (Lipinski definition) is 7. The number of Topliss-reactive ketones (excluding diaryl/α,β-unsaturated/α-hetero) is 1. The molecule has 3 aliphatic rings. The third kappa shape index (κ3) is 2.78. The number of furan rings is 1. The highest BCUT2D eigenvalue weighted by Gasteiger charge is 2.73. The number of esters is 2. The molecule has 164 valence electrons. The molecule has 1 spiro atoms. The number of aliphatic hydroxyl groups is 1. The summed E-state index contributed by atoms with van der Waals surface area (Å²) in [6, 6.07) is 1.76. The zero-order valence-corrected chi connectivity index (χ0v) is 17.9. The van der Waals surface area contributed by atoms with Crippen LogP contribution in [-0.2, 0) is 23.9 Å². The van der Waals surface area contributed by atoms with Crippen molar-refractivity contribution in [3.8, 4) is 0 Å². The minimum absolute atomic E-state index is 0.0875. The topological polar surface area (TPSA) is 103 Å². The maximum atomic E-state index is 13.5. The Morgan fingerprint density at radius 3 is 2.80 bits per heavy atom. The predicted octanol–water partition coefficient (Wildman–Crippen LogP) is 3.18. The first kappa shape index (κ1) is 21.4. The second-order valence-electron chi connectivity index (χ2n) is 9.09. The number of alkyl halides is 1. The molecule has 1 aromatic rings. The van der Waals surface area contributed by atoms with E-state index in [0.717, 1.165) is 5.56 Å². The van der Waals surface area contributed by atoms with E-state index < -0.39 is 34.4 Å². The number of carbonyl (C=O) groups is 3. The number of hydrogen-bond donors (Lipinski definition) is 1. The van der Waals surface area contributed by atoms with Gasteiger partial charge < -0.3 is 19.0 Å². The molecular formula is C22H27ClO7. The third-order valence-corrected chi connectivity index (χ3v) is 8.23. The average Bonchev–Trinajstić information content (AvgIpc) is 3.34. The molecule has 2 saturated carbocycles. The van der Waals surface area contributed by atoms with Crippen LogP contribution in [0.4, 0.5) is 0 Å². The van der Waals surface area contributed by atoms with Crippen molar-refractivity contribution < 1.29 is 33.4 Å². The van der Waals surface area contributed by atoms with Crippen LogP contribution in [0, 0.1) is 22.7 Å². The standard InChI is InChI=1S/C22H27ClO7/c1-13-8-18(25)22(12-29-14(2)24)17(4-3-6-20(22,27)11-23)21(13)9-16(30-19(21)26)15-5-7-28-10-15/h5,7,10,13,16-17,27H,3-4,6,8-9,11-12H2,1-2H3/t13-,16+,17-,20+,21-,22+/m1/s1. The Balaban J connectivity index is 1.84. The van der Waals surface area contributed by atoms with Crippen molar-refractivity contribution in [2.75, 3.05) is 12.5 Å². The summed E-state index contributed by atoms with van der Waals surface area (Å²) in [6.45, 7) is 2.87. The average molecular weight is 439 g/mol. The van der Waals surface area contributed by atoms with Crippen molar-refractivity contribution in [3.05, 3.63) is 24.2 Å². The van der Waals surface area contributed by atoms with Crippen LogP contribution in [0.3, 0.4) is 0 Å². The summed E-state index contributed by atoms with van der Waals surface area (Å²) in [5, 5.41) is 11.6. The van der Waals surface area contributed by atoms with E-state index in [1.54, 1.807) is 12.3 Å². The van der Waals surface area contributed by atoms with Gasteiger partial charge in [0.2, 0.25) is 0 Å². The maximum absolute atomic E-state index is 13.5. The second-order valence-corrected chi connectivity index (χ2v) is 9.35. The molecule has 1 aliphatic heterocycles. The number of ether oxygens (including phenoxy) is 2. The Morgan fingerprint density at radius 2 is 2.17 bits per heavy atom. The molecule has 0 unspecified atom stereocenters. The van der Waals surface area contributed by atoms with Crippen LogP contribution < -0.4 is 0 Å². The van der Waals surface area contributed by atoms with Crippen molar-refractivity contribution in [1.29, 1.82) is 0 Å². The van der Waals surface area contributed by atoms with Gasteiger partial charge in [-0.1, -0.05) is 13.3 Å². The normalized spacial score (nSPS) is 40.9. The van der Waals surface area contributed by atoms with Crippen LogP contribution in [0.5, 0.6) is 0 Å². The van der Waals surface area contributed by atoms with Gasteiger partial charge in [-0.05, 0) is 30.7 Å². The lowest BCUT2D eigenvalue weighted by atomic mass is 9.42. The van der Waals surface area contributed by atoms with Crippen molar-refractivity contribution in [2.24, 2.45) is 22.7 Å². The Morgan fingerprint density at radius 1 is 1.40 bits per heavy atom. The zero-order chi connectivity index (χ0) is 21.7. The van der Waals surface area contributed by atoms with E-state index in [1.807, 2.05) is 6.92 Å². The van der Waals surface area contributed by atoms with Gasteiger partial charge in [-0.2, -0.15) is 0 Å². The molecule has 3 fully saturated rings. The van der Waals surface area contributed by atoms with E-state index >= 15 is 0 Å². The van der Waals surface area contributed by atoms with Gasteiger partial charge in [-0.3, -0.25) is 14.4 Å². The highest BCUT2D eigenvalue weighted by molar-refractivity contribution is 6.19. The van der Waals surface area contributed by atoms with Crippen molar-refractivity contribution in [3.63, 3.8) is 0 Å². The first-order valence-corrected chi connectivity index (χ1v) is 10.9. The van der Waals surface area contributed by atoms with E-state index in [4.69, 9.17) is 25.5 Å². The fourth-order valence-corrected chi connectivity index (χ4v) is 6.62. The van der Waals surface area contributed by atoms with Crippen LogP contribution >= 0.6 is 11.6 Å². The van der Waals surface area contributed by atoms with Crippen molar-refractivity contribution >= 4 is 29.3 Å². The number of rotatable bonds is 4. The van der Waals surface area contributed by atoms with Crippen LogP contribution in [0.15, 0.2) is 23.0 Å². The molecule has 2 heterocycles. The Kier molecular flexibility index (Phi) is 5.26. The monoisotopic (exact) mass is 438 g/mol. The number of carbonyl (C=O) groups excluding carboxylic acids is 3. The van der Waals surface area contributed by atoms with Crippen LogP contribution in [-0.4, -0.2) is 40.9 Å². The molecular weight excluding hydrogens is 412 g/mol. The zero-order valence-electron chi connectivity index (χ0n) is 17.2. The summed E-state index contributed by atoms with van der Waals surface area (Å²) in [4.78, 5) is 38.6. The molecule has 4 rings (SSSR count). The summed E-state index contributed by atoms with van der Waals surface area (Å²) in [7, 11) is 0. The van der Waals surface area contributed by atoms with Gasteiger partial charge in [-0.15, -0.1) is 11.6 Å². The maximum Gasteiger partial charge on any atom is 0.313 e. The number of cyclic esters (lactones) is 1. The van der Waals surface area contributed by atoms with Gasteiger partial charge in [0.15, 0.2) is 0 Å². The van der Waals surface area contributed by atoms with Gasteiger partial charge in [0, 0.05) is 25.3 Å². The predicted molar refractivity (Wildman–Crippen MR) is 105 cm³/mol. The largest absolute Gasteiger partial charge is 0.472 e. The fourth-order valence-electron chi connectivity index (χ4n) is 6.25. The summed E-state index contributed by atoms with van der Waals surface area (Å²) in [6.07, 6.45) is 4.53. The summed E-state index contributed by atoms with van der Waals surface area (Å²) < 4.78 is 16.3. The number of fused-ring (bicyclic) bond motifs is 2. The summed E-state index contributed by atoms with van der Waals surface area (Å²) in [5.41, 5.74) is -3.21. The number of ketones is 1. The Bertz CT molecular complexity index is 852. The molecule has 8 heteroatoms. The molecule has 0 amide bonds. The fraction of sp³-hybridized carbons (Fsp3) is 0.682. The molecule has 0 bridgehead atoms. The lowest BCUT2D eigenvalue weighted by Gasteiger charge is -2.60. The minimum Gasteiger partial charge on any atom is -0.472 e. The number of halogens is 1. The van der Waals surface area contributed by atoms with E-state index in [0.29, 0.717) is 25.7 Å². The lowest BCUT2D eigenvalue weighted by Crippen LogP contribution is -2.70. The minimum atomic E-state index is -1.56. The molecule has 2 aliphatic carbocycles. The van der Waals surface area contributed by atoms with Crippen LogP contribution in [0.2, 0.25) is 0 Å². The first-order valence-electron chi connectivity index (χ1n) is 10.4. The van der Waals surface area contributed by atoms with Crippen molar-refractivity contribution in [2.45, 2.75) is 57.7 Å². The quantitative estimate of drug-likeness (QED) is 0.568.